The van der Waals surface area contributed by atoms with Crippen molar-refractivity contribution < 1.29 is 18.7 Å². The minimum absolute atomic E-state index is 0.0230. The molecule has 1 fully saturated rings. The Morgan fingerprint density at radius 1 is 1.36 bits per heavy atom. The van der Waals surface area contributed by atoms with Gasteiger partial charge in [-0.15, -0.1) is 0 Å². The summed E-state index contributed by atoms with van der Waals surface area (Å²) in [6.07, 6.45) is 5.67. The lowest BCUT2D eigenvalue weighted by atomic mass is 10.2. The molecule has 2 heterocycles. The van der Waals surface area contributed by atoms with E-state index >= 15 is 0 Å². The number of nitrogens with zero attached hydrogens (tertiary/aromatic N) is 1. The highest BCUT2D eigenvalue weighted by Gasteiger charge is 2.30. The molecular formula is C16H27N2O6P. The molecule has 0 aliphatic carbocycles. The summed E-state index contributed by atoms with van der Waals surface area (Å²) >= 11 is 0. The van der Waals surface area contributed by atoms with Crippen molar-refractivity contribution >= 4 is 7.60 Å². The van der Waals surface area contributed by atoms with Crippen molar-refractivity contribution in [3.05, 3.63) is 32.6 Å². The van der Waals surface area contributed by atoms with Gasteiger partial charge in [0, 0.05) is 17.9 Å². The van der Waals surface area contributed by atoms with Gasteiger partial charge in [0.2, 0.25) is 0 Å². The number of aryl methyl sites for hydroxylation is 1. The predicted octanol–water partition coefficient (Wildman–Crippen LogP) is 2.30. The third-order valence-corrected chi connectivity index (χ3v) is 5.73. The maximum atomic E-state index is 12.0. The van der Waals surface area contributed by atoms with Crippen molar-refractivity contribution in [3.8, 4) is 0 Å². The van der Waals surface area contributed by atoms with Crippen LogP contribution < -0.4 is 11.2 Å². The topological polar surface area (TPSA) is 111 Å². The predicted molar refractivity (Wildman–Crippen MR) is 94.0 cm³/mol. The van der Waals surface area contributed by atoms with Crippen LogP contribution in [0.5, 0.6) is 0 Å². The molecule has 0 aromatic carbocycles. The summed E-state index contributed by atoms with van der Waals surface area (Å²) < 4.78 is 24.3. The fraction of sp³-hybridized carbons (Fsp3) is 0.750. The lowest BCUT2D eigenvalue weighted by Crippen LogP contribution is -2.33. The Bertz CT molecular complexity index is 728. The van der Waals surface area contributed by atoms with Crippen LogP contribution in [0.15, 0.2) is 15.8 Å². The van der Waals surface area contributed by atoms with Crippen LogP contribution >= 0.6 is 7.60 Å². The van der Waals surface area contributed by atoms with Crippen LogP contribution in [-0.4, -0.2) is 33.3 Å². The lowest BCUT2D eigenvalue weighted by molar-refractivity contribution is -0.0216. The lowest BCUT2D eigenvalue weighted by Gasteiger charge is -2.18. The van der Waals surface area contributed by atoms with E-state index < -0.39 is 25.1 Å². The van der Waals surface area contributed by atoms with Gasteiger partial charge >= 0.3 is 13.3 Å². The molecule has 1 aromatic heterocycles. The average molecular weight is 374 g/mol. The standard InChI is InChI=1S/C16H27N2O6P/c1-3-4-5-6-9-25(21,22)23-11-13-7-8-14(24-13)18-10-12(2)15(19)17-16(18)20/h10,13-14H,3-9,11H2,1-2H3,(H,21,22)(H,17,19,20)/t13-,14?/m0/s1. The molecule has 2 N–H and O–H groups in total. The molecular weight excluding hydrogens is 347 g/mol. The molecule has 1 aromatic rings. The van der Waals surface area contributed by atoms with E-state index in [1.54, 1.807) is 6.92 Å². The van der Waals surface area contributed by atoms with Gasteiger partial charge in [0.1, 0.15) is 6.23 Å². The summed E-state index contributed by atoms with van der Waals surface area (Å²) in [4.78, 5) is 35.4. The Hall–Kier alpha value is -1.21. The van der Waals surface area contributed by atoms with Crippen LogP contribution in [0.25, 0.3) is 0 Å². The number of nitrogens with one attached hydrogen (secondary N) is 1. The first kappa shape index (κ1) is 20.1. The van der Waals surface area contributed by atoms with Crippen LogP contribution in [0.2, 0.25) is 0 Å². The first-order chi connectivity index (χ1) is 11.8. The highest BCUT2D eigenvalue weighted by atomic mass is 31.2. The molecule has 1 aliphatic rings. The first-order valence-corrected chi connectivity index (χ1v) is 10.5. The molecule has 1 saturated heterocycles. The second kappa shape index (κ2) is 8.94. The highest BCUT2D eigenvalue weighted by Crippen LogP contribution is 2.44. The van der Waals surface area contributed by atoms with Gasteiger partial charge in [0.15, 0.2) is 0 Å². The van der Waals surface area contributed by atoms with Crippen LogP contribution in [0, 0.1) is 6.92 Å². The normalized spacial score (nSPS) is 22.8. The first-order valence-electron chi connectivity index (χ1n) is 8.76. The number of hydrogen-bond acceptors (Lipinski definition) is 5. The van der Waals surface area contributed by atoms with E-state index in [1.165, 1.54) is 10.8 Å². The summed E-state index contributed by atoms with van der Waals surface area (Å²) in [5.74, 6) is 0. The monoisotopic (exact) mass is 374 g/mol. The second-order valence-corrected chi connectivity index (χ2v) is 8.47. The summed E-state index contributed by atoms with van der Waals surface area (Å²) in [7, 11) is -3.60. The number of unbranched alkanes of at least 4 members (excludes halogenated alkanes) is 3. The van der Waals surface area contributed by atoms with E-state index in [0.717, 1.165) is 19.3 Å². The Labute approximate surface area is 146 Å². The summed E-state index contributed by atoms with van der Waals surface area (Å²) in [5.41, 5.74) is -0.510. The Balaban J connectivity index is 1.85. The fourth-order valence-corrected chi connectivity index (χ4v) is 3.97. The zero-order valence-electron chi connectivity index (χ0n) is 14.8. The van der Waals surface area contributed by atoms with E-state index in [9.17, 15) is 19.0 Å². The van der Waals surface area contributed by atoms with Gasteiger partial charge in [-0.3, -0.25) is 18.9 Å². The largest absolute Gasteiger partial charge is 0.352 e. The second-order valence-electron chi connectivity index (χ2n) is 6.49. The third-order valence-electron chi connectivity index (χ3n) is 4.30. The van der Waals surface area contributed by atoms with Gasteiger partial charge in [-0.2, -0.15) is 0 Å². The SMILES string of the molecule is CCCCCCP(=O)(O)OC[C@@H]1CCC(n2cc(C)c(=O)[nH]c2=O)O1. The van der Waals surface area contributed by atoms with Crippen LogP contribution in [0.1, 0.15) is 57.2 Å². The van der Waals surface area contributed by atoms with Crippen LogP contribution in [0.3, 0.4) is 0 Å². The molecule has 0 saturated carbocycles. The van der Waals surface area contributed by atoms with Crippen LogP contribution in [0.4, 0.5) is 0 Å². The van der Waals surface area contributed by atoms with E-state index in [2.05, 4.69) is 11.9 Å². The number of H-pyrrole nitrogens is 1. The number of rotatable bonds is 9. The molecule has 0 spiro atoms. The van der Waals surface area contributed by atoms with E-state index in [0.29, 0.717) is 24.8 Å². The zero-order valence-corrected chi connectivity index (χ0v) is 15.7. The van der Waals surface area contributed by atoms with Crippen molar-refractivity contribution in [1.29, 1.82) is 0 Å². The molecule has 25 heavy (non-hydrogen) atoms. The Morgan fingerprint density at radius 2 is 2.12 bits per heavy atom. The van der Waals surface area contributed by atoms with Gasteiger partial charge in [0.25, 0.3) is 5.56 Å². The Morgan fingerprint density at radius 3 is 2.84 bits per heavy atom. The van der Waals surface area contributed by atoms with E-state index in [-0.39, 0.29) is 18.9 Å². The molecule has 9 heteroatoms. The maximum Gasteiger partial charge on any atom is 0.330 e. The molecule has 0 bridgehead atoms. The fourth-order valence-electron chi connectivity index (χ4n) is 2.82. The molecule has 8 nitrogen and oxygen atoms in total. The molecule has 2 rings (SSSR count). The summed E-state index contributed by atoms with van der Waals surface area (Å²) in [6.45, 7) is 3.72. The molecule has 3 atom stereocenters. The van der Waals surface area contributed by atoms with Gasteiger partial charge < -0.3 is 14.2 Å². The van der Waals surface area contributed by atoms with Crippen molar-refractivity contribution in [2.45, 2.75) is 64.7 Å². The average Bonchev–Trinajstić information content (AvgIpc) is 3.02. The van der Waals surface area contributed by atoms with Crippen molar-refractivity contribution in [2.75, 3.05) is 12.8 Å². The van der Waals surface area contributed by atoms with E-state index in [4.69, 9.17) is 9.26 Å². The van der Waals surface area contributed by atoms with E-state index in [1.807, 2.05) is 0 Å². The van der Waals surface area contributed by atoms with Gasteiger partial charge in [0.05, 0.1) is 12.7 Å². The van der Waals surface area contributed by atoms with Gasteiger partial charge in [-0.1, -0.05) is 26.2 Å². The van der Waals surface area contributed by atoms with Gasteiger partial charge in [-0.05, 0) is 26.2 Å². The highest BCUT2D eigenvalue weighted by molar-refractivity contribution is 7.52. The molecule has 0 radical (unpaired) electrons. The Kier molecular flexibility index (Phi) is 7.19. The number of hydrogen-bond donors (Lipinski definition) is 2. The summed E-state index contributed by atoms with van der Waals surface area (Å²) in [5, 5.41) is 0. The zero-order chi connectivity index (χ0) is 18.4. The molecule has 142 valence electrons. The smallest absolute Gasteiger partial charge is 0.330 e. The molecule has 1 aliphatic heterocycles. The number of ether oxygens (including phenoxy) is 1. The van der Waals surface area contributed by atoms with Gasteiger partial charge in [-0.25, -0.2) is 4.79 Å². The quantitative estimate of drug-likeness (QED) is 0.507. The van der Waals surface area contributed by atoms with Crippen molar-refractivity contribution in [1.82, 2.24) is 9.55 Å². The third kappa shape index (κ3) is 5.92. The van der Waals surface area contributed by atoms with Crippen molar-refractivity contribution in [2.24, 2.45) is 0 Å². The minimum Gasteiger partial charge on any atom is -0.352 e. The maximum absolute atomic E-state index is 12.0. The minimum atomic E-state index is -3.60. The molecule has 0 amide bonds. The molecule has 2 unspecified atom stereocenters. The van der Waals surface area contributed by atoms with Crippen LogP contribution in [-0.2, 0) is 13.8 Å². The number of aromatic amines is 1. The van der Waals surface area contributed by atoms with Crippen molar-refractivity contribution in [3.63, 3.8) is 0 Å². The number of aromatic nitrogens is 2. The summed E-state index contributed by atoms with van der Waals surface area (Å²) in [6, 6.07) is 0.